The molecule has 0 aliphatic carbocycles. The fraction of sp³-hybridized carbons (Fsp3) is 0.120. The topological polar surface area (TPSA) is 63.6 Å². The quantitative estimate of drug-likeness (QED) is 0.371. The van der Waals surface area contributed by atoms with Crippen LogP contribution in [-0.4, -0.2) is 17.0 Å². The minimum atomic E-state index is -1.03. The summed E-state index contributed by atoms with van der Waals surface area (Å²) >= 11 is 0. The molecule has 0 saturated carbocycles. The second kappa shape index (κ2) is 10.0. The zero-order chi connectivity index (χ0) is 21.3. The summed E-state index contributed by atoms with van der Waals surface area (Å²) in [5, 5.41) is 7.42. The molecule has 0 fully saturated rings. The molecule has 29 heavy (non-hydrogen) atoms. The van der Waals surface area contributed by atoms with Crippen molar-refractivity contribution in [1.82, 2.24) is 0 Å². The van der Waals surface area contributed by atoms with E-state index >= 15 is 0 Å². The van der Waals surface area contributed by atoms with Crippen LogP contribution in [0.15, 0.2) is 103 Å². The molecule has 0 aromatic heterocycles. The number of carbonyl (C=O) groups excluding carboxylic acids is 1. The van der Waals surface area contributed by atoms with Crippen LogP contribution in [0.5, 0.6) is 0 Å². The highest BCUT2D eigenvalue weighted by atomic mass is 16.6. The van der Waals surface area contributed by atoms with Gasteiger partial charge in [0, 0.05) is 29.2 Å². The number of hydrogen-bond donors (Lipinski definition) is 1. The molecular formula is C25H24O4. The van der Waals surface area contributed by atoms with Crippen LogP contribution in [0.4, 0.5) is 0 Å². The maximum absolute atomic E-state index is 12.6. The van der Waals surface area contributed by atoms with Gasteiger partial charge in [-0.3, -0.25) is 4.79 Å². The normalized spacial score (nSPS) is 10.3. The van der Waals surface area contributed by atoms with Crippen molar-refractivity contribution in [2.75, 3.05) is 0 Å². The molecule has 3 rings (SSSR count). The Morgan fingerprint density at radius 2 is 1.00 bits per heavy atom. The average molecular weight is 388 g/mol. The van der Waals surface area contributed by atoms with Crippen LogP contribution in [0.2, 0.25) is 0 Å². The van der Waals surface area contributed by atoms with E-state index in [4.69, 9.17) is 14.6 Å². The van der Waals surface area contributed by atoms with E-state index in [1.165, 1.54) is 0 Å². The molecule has 0 heterocycles. The number of benzene rings is 3. The fourth-order valence-electron chi connectivity index (χ4n) is 2.92. The van der Waals surface area contributed by atoms with Crippen molar-refractivity contribution in [3.63, 3.8) is 0 Å². The first kappa shape index (κ1) is 21.6. The van der Waals surface area contributed by atoms with Gasteiger partial charge in [0.15, 0.2) is 5.60 Å². The number of ether oxygens (including phenoxy) is 1. The molecule has 0 spiro atoms. The lowest BCUT2D eigenvalue weighted by atomic mass is 9.80. The largest absolute Gasteiger partial charge is 0.481 e. The van der Waals surface area contributed by atoms with E-state index in [9.17, 15) is 4.79 Å². The van der Waals surface area contributed by atoms with Crippen LogP contribution in [0.25, 0.3) is 0 Å². The van der Waals surface area contributed by atoms with Crippen molar-refractivity contribution in [2.45, 2.75) is 19.4 Å². The first-order valence-corrected chi connectivity index (χ1v) is 9.13. The molecule has 0 bridgehead atoms. The number of carboxylic acid groups (broad SMARTS) is 1. The lowest BCUT2D eigenvalue weighted by Gasteiger charge is -2.35. The van der Waals surface area contributed by atoms with Crippen LogP contribution in [0.3, 0.4) is 0 Å². The standard InChI is InChI=1S/C23H20O2.C2H4O2/c1-18(2)22(24)25-23(19-12-6-3-7-13-19,20-14-8-4-9-15-20)21-16-10-5-11-17-21;1-2(3)4/h3-17H,1H2,2H3;1H3,(H,3,4). The minimum Gasteiger partial charge on any atom is -0.481 e. The minimum absolute atomic E-state index is 0.368. The Hall–Kier alpha value is -3.66. The van der Waals surface area contributed by atoms with Gasteiger partial charge in [0.25, 0.3) is 5.97 Å². The maximum atomic E-state index is 12.6. The van der Waals surface area contributed by atoms with Crippen LogP contribution >= 0.6 is 0 Å². The molecule has 0 saturated heterocycles. The molecule has 0 aliphatic rings. The number of hydrogen-bond acceptors (Lipinski definition) is 3. The number of carboxylic acids is 1. The van der Waals surface area contributed by atoms with Crippen molar-refractivity contribution in [3.8, 4) is 0 Å². The molecule has 0 radical (unpaired) electrons. The monoisotopic (exact) mass is 388 g/mol. The summed E-state index contributed by atoms with van der Waals surface area (Å²) in [5.41, 5.74) is 2.01. The Morgan fingerprint density at radius 3 is 1.24 bits per heavy atom. The third-order valence-electron chi connectivity index (χ3n) is 4.14. The molecule has 0 atom stereocenters. The summed E-state index contributed by atoms with van der Waals surface area (Å²) in [7, 11) is 0. The Bertz CT molecular complexity index is 847. The van der Waals surface area contributed by atoms with Crippen molar-refractivity contribution >= 4 is 11.9 Å². The van der Waals surface area contributed by atoms with Crippen LogP contribution in [-0.2, 0) is 19.9 Å². The molecule has 3 aromatic rings. The van der Waals surface area contributed by atoms with Gasteiger partial charge < -0.3 is 9.84 Å². The summed E-state index contributed by atoms with van der Waals surface area (Å²) in [4.78, 5) is 21.6. The Kier molecular flexibility index (Phi) is 7.49. The molecule has 1 N–H and O–H groups in total. The molecular weight excluding hydrogens is 364 g/mol. The highest BCUT2D eigenvalue weighted by Gasteiger charge is 2.40. The maximum Gasteiger partial charge on any atom is 0.334 e. The molecule has 0 aliphatic heterocycles. The summed E-state index contributed by atoms with van der Waals surface area (Å²) in [5.74, 6) is -1.25. The summed E-state index contributed by atoms with van der Waals surface area (Å²) in [6.45, 7) is 6.49. The predicted octanol–water partition coefficient (Wildman–Crippen LogP) is 5.19. The van der Waals surface area contributed by atoms with Gasteiger partial charge in [0.1, 0.15) is 0 Å². The van der Waals surface area contributed by atoms with E-state index in [2.05, 4.69) is 6.58 Å². The van der Waals surface area contributed by atoms with Gasteiger partial charge in [-0.2, -0.15) is 0 Å². The van der Waals surface area contributed by atoms with Crippen molar-refractivity contribution in [3.05, 3.63) is 120 Å². The van der Waals surface area contributed by atoms with Gasteiger partial charge in [-0.05, 0) is 6.92 Å². The van der Waals surface area contributed by atoms with Crippen molar-refractivity contribution in [2.24, 2.45) is 0 Å². The third-order valence-corrected chi connectivity index (χ3v) is 4.14. The van der Waals surface area contributed by atoms with Gasteiger partial charge in [0.2, 0.25) is 0 Å². The van der Waals surface area contributed by atoms with Gasteiger partial charge in [-0.25, -0.2) is 4.79 Å². The summed E-state index contributed by atoms with van der Waals surface area (Å²) in [6, 6.07) is 29.4. The van der Waals surface area contributed by atoms with E-state index in [1.807, 2.05) is 91.0 Å². The molecule has 0 unspecified atom stereocenters. The van der Waals surface area contributed by atoms with Crippen LogP contribution in [0.1, 0.15) is 30.5 Å². The smallest absolute Gasteiger partial charge is 0.334 e. The number of rotatable bonds is 5. The van der Waals surface area contributed by atoms with E-state index in [0.29, 0.717) is 5.57 Å². The average Bonchev–Trinajstić information content (AvgIpc) is 2.73. The second-order valence-electron chi connectivity index (χ2n) is 6.47. The van der Waals surface area contributed by atoms with Crippen molar-refractivity contribution < 1.29 is 19.4 Å². The lowest BCUT2D eigenvalue weighted by molar-refractivity contribution is -0.148. The van der Waals surface area contributed by atoms with E-state index in [1.54, 1.807) is 6.92 Å². The molecule has 4 heteroatoms. The van der Waals surface area contributed by atoms with Gasteiger partial charge in [-0.1, -0.05) is 97.6 Å². The lowest BCUT2D eigenvalue weighted by Crippen LogP contribution is -2.35. The summed E-state index contributed by atoms with van der Waals surface area (Å²) < 4.78 is 6.12. The Labute approximate surface area is 171 Å². The van der Waals surface area contributed by atoms with E-state index in [-0.39, 0.29) is 0 Å². The highest BCUT2D eigenvalue weighted by Crippen LogP contribution is 2.40. The first-order chi connectivity index (χ1) is 13.9. The third kappa shape index (κ3) is 5.42. The SMILES string of the molecule is C=C(C)C(=O)OC(c1ccccc1)(c1ccccc1)c1ccccc1.CC(=O)O. The van der Waals surface area contributed by atoms with E-state index in [0.717, 1.165) is 23.6 Å². The van der Waals surface area contributed by atoms with Crippen LogP contribution in [0, 0.1) is 0 Å². The second-order valence-corrected chi connectivity index (χ2v) is 6.47. The fourth-order valence-corrected chi connectivity index (χ4v) is 2.92. The molecule has 0 amide bonds. The highest BCUT2D eigenvalue weighted by molar-refractivity contribution is 5.88. The Morgan fingerprint density at radius 1 is 0.724 bits per heavy atom. The summed E-state index contributed by atoms with van der Waals surface area (Å²) in [6.07, 6.45) is 0. The van der Waals surface area contributed by atoms with Gasteiger partial charge in [-0.15, -0.1) is 0 Å². The zero-order valence-electron chi connectivity index (χ0n) is 16.5. The van der Waals surface area contributed by atoms with Gasteiger partial charge >= 0.3 is 5.97 Å². The molecule has 148 valence electrons. The van der Waals surface area contributed by atoms with Gasteiger partial charge in [0.05, 0.1) is 0 Å². The van der Waals surface area contributed by atoms with Crippen LogP contribution < -0.4 is 0 Å². The molecule has 3 aromatic carbocycles. The number of esters is 1. The number of carbonyl (C=O) groups is 2. The predicted molar refractivity (Wildman–Crippen MR) is 113 cm³/mol. The number of aliphatic carboxylic acids is 1. The Balaban J connectivity index is 0.000000687. The molecule has 4 nitrogen and oxygen atoms in total. The van der Waals surface area contributed by atoms with E-state index < -0.39 is 17.5 Å². The van der Waals surface area contributed by atoms with Crippen molar-refractivity contribution in [1.29, 1.82) is 0 Å². The zero-order valence-corrected chi connectivity index (χ0v) is 16.5. The first-order valence-electron chi connectivity index (χ1n) is 9.13.